The second-order valence-corrected chi connectivity index (χ2v) is 5.07. The fourth-order valence-electron chi connectivity index (χ4n) is 1.58. The average Bonchev–Trinajstić information content (AvgIpc) is 2.46. The van der Waals surface area contributed by atoms with Gasteiger partial charge in [-0.05, 0) is 45.0 Å². The van der Waals surface area contributed by atoms with Crippen molar-refractivity contribution in [3.8, 4) is 5.75 Å². The monoisotopic (exact) mass is 297 g/mol. The molecule has 0 amide bonds. The standard InChI is InChI=1S/C15H23NO5/c1-4-20-14(19)15(2,3)21-13-7-5-11(6-8-13)16-9-12(18)10-17/h5-8,12,16-18H,4,9-10H2,1-3H3. The van der Waals surface area contributed by atoms with Gasteiger partial charge in [0.1, 0.15) is 5.75 Å². The van der Waals surface area contributed by atoms with Crippen LogP contribution in [-0.2, 0) is 9.53 Å². The van der Waals surface area contributed by atoms with Crippen molar-refractivity contribution in [1.82, 2.24) is 0 Å². The molecule has 6 heteroatoms. The van der Waals surface area contributed by atoms with Crippen LogP contribution in [0.3, 0.4) is 0 Å². The second-order valence-electron chi connectivity index (χ2n) is 5.07. The molecule has 118 valence electrons. The fraction of sp³-hybridized carbons (Fsp3) is 0.533. The molecule has 21 heavy (non-hydrogen) atoms. The highest BCUT2D eigenvalue weighted by Gasteiger charge is 2.31. The molecule has 0 bridgehead atoms. The average molecular weight is 297 g/mol. The summed E-state index contributed by atoms with van der Waals surface area (Å²) >= 11 is 0. The van der Waals surface area contributed by atoms with Crippen molar-refractivity contribution in [2.24, 2.45) is 0 Å². The molecule has 1 atom stereocenters. The van der Waals surface area contributed by atoms with Crippen LogP contribution in [0.15, 0.2) is 24.3 Å². The molecule has 1 aromatic rings. The Morgan fingerprint density at radius 3 is 2.48 bits per heavy atom. The Labute approximate surface area is 124 Å². The zero-order valence-corrected chi connectivity index (χ0v) is 12.6. The third kappa shape index (κ3) is 5.61. The van der Waals surface area contributed by atoms with Gasteiger partial charge in [-0.15, -0.1) is 0 Å². The lowest BCUT2D eigenvalue weighted by atomic mass is 10.1. The van der Waals surface area contributed by atoms with E-state index in [1.807, 2.05) is 0 Å². The smallest absolute Gasteiger partial charge is 0.349 e. The molecule has 6 nitrogen and oxygen atoms in total. The number of benzene rings is 1. The van der Waals surface area contributed by atoms with Crippen molar-refractivity contribution >= 4 is 11.7 Å². The normalized spacial score (nSPS) is 12.6. The molecule has 0 aliphatic carbocycles. The molecular formula is C15H23NO5. The van der Waals surface area contributed by atoms with Crippen LogP contribution in [-0.4, -0.2) is 47.6 Å². The van der Waals surface area contributed by atoms with Crippen molar-refractivity contribution in [3.63, 3.8) is 0 Å². The second kappa shape index (κ2) is 7.85. The number of aliphatic hydroxyl groups is 2. The molecule has 0 aliphatic rings. The largest absolute Gasteiger partial charge is 0.476 e. The first-order valence-corrected chi connectivity index (χ1v) is 6.88. The summed E-state index contributed by atoms with van der Waals surface area (Å²) in [6, 6.07) is 6.96. The summed E-state index contributed by atoms with van der Waals surface area (Å²) in [7, 11) is 0. The summed E-state index contributed by atoms with van der Waals surface area (Å²) < 4.78 is 10.6. The van der Waals surface area contributed by atoms with E-state index in [2.05, 4.69) is 5.32 Å². The highest BCUT2D eigenvalue weighted by molar-refractivity contribution is 5.79. The van der Waals surface area contributed by atoms with Gasteiger partial charge in [0.25, 0.3) is 0 Å². The van der Waals surface area contributed by atoms with Gasteiger partial charge in [-0.3, -0.25) is 0 Å². The van der Waals surface area contributed by atoms with Crippen molar-refractivity contribution in [1.29, 1.82) is 0 Å². The van der Waals surface area contributed by atoms with Gasteiger partial charge in [0.15, 0.2) is 5.60 Å². The van der Waals surface area contributed by atoms with Crippen LogP contribution in [0.5, 0.6) is 5.75 Å². The molecule has 1 unspecified atom stereocenters. The summed E-state index contributed by atoms with van der Waals surface area (Å²) in [5.41, 5.74) is -0.276. The summed E-state index contributed by atoms with van der Waals surface area (Å²) in [5, 5.41) is 20.9. The van der Waals surface area contributed by atoms with E-state index in [1.54, 1.807) is 45.0 Å². The lowest BCUT2D eigenvalue weighted by Crippen LogP contribution is -2.39. The van der Waals surface area contributed by atoms with Gasteiger partial charge in [-0.1, -0.05) is 0 Å². The Kier molecular flexibility index (Phi) is 6.45. The topological polar surface area (TPSA) is 88.0 Å². The number of carbonyl (C=O) groups excluding carboxylic acids is 1. The molecule has 0 saturated carbocycles. The highest BCUT2D eigenvalue weighted by atomic mass is 16.6. The summed E-state index contributed by atoms with van der Waals surface area (Å²) in [6.45, 7) is 5.31. The third-order valence-corrected chi connectivity index (χ3v) is 2.75. The van der Waals surface area contributed by atoms with E-state index in [4.69, 9.17) is 14.6 Å². The minimum Gasteiger partial charge on any atom is -0.476 e. The number of esters is 1. The predicted octanol–water partition coefficient (Wildman–Crippen LogP) is 1.17. The van der Waals surface area contributed by atoms with Crippen LogP contribution in [0.25, 0.3) is 0 Å². The summed E-state index contributed by atoms with van der Waals surface area (Å²) in [4.78, 5) is 11.7. The number of ether oxygens (including phenoxy) is 2. The molecule has 1 rings (SSSR count). The SMILES string of the molecule is CCOC(=O)C(C)(C)Oc1ccc(NCC(O)CO)cc1. The van der Waals surface area contributed by atoms with Crippen molar-refractivity contribution in [2.75, 3.05) is 25.1 Å². The van der Waals surface area contributed by atoms with E-state index in [0.29, 0.717) is 12.4 Å². The maximum absolute atomic E-state index is 11.7. The van der Waals surface area contributed by atoms with Crippen LogP contribution in [0, 0.1) is 0 Å². The number of hydrogen-bond donors (Lipinski definition) is 3. The lowest BCUT2D eigenvalue weighted by molar-refractivity contribution is -0.158. The number of nitrogens with one attached hydrogen (secondary N) is 1. The molecule has 0 fully saturated rings. The van der Waals surface area contributed by atoms with E-state index >= 15 is 0 Å². The van der Waals surface area contributed by atoms with Gasteiger partial charge >= 0.3 is 5.97 Å². The van der Waals surface area contributed by atoms with Gasteiger partial charge < -0.3 is 25.0 Å². The molecule has 1 aromatic carbocycles. The molecule has 0 aliphatic heterocycles. The minimum atomic E-state index is -1.06. The zero-order chi connectivity index (χ0) is 15.9. The Morgan fingerprint density at radius 2 is 1.95 bits per heavy atom. The molecule has 3 N–H and O–H groups in total. The fourth-order valence-corrected chi connectivity index (χ4v) is 1.58. The third-order valence-electron chi connectivity index (χ3n) is 2.75. The maximum Gasteiger partial charge on any atom is 0.349 e. The Bertz CT molecular complexity index is 444. The van der Waals surface area contributed by atoms with Crippen molar-refractivity contribution in [2.45, 2.75) is 32.5 Å². The van der Waals surface area contributed by atoms with Crippen LogP contribution < -0.4 is 10.1 Å². The first-order valence-electron chi connectivity index (χ1n) is 6.88. The summed E-state index contributed by atoms with van der Waals surface area (Å²) in [5.74, 6) is 0.125. The number of aliphatic hydroxyl groups excluding tert-OH is 2. The van der Waals surface area contributed by atoms with Crippen LogP contribution in [0.2, 0.25) is 0 Å². The molecule has 0 heterocycles. The number of rotatable bonds is 8. The van der Waals surface area contributed by atoms with Crippen LogP contribution in [0.1, 0.15) is 20.8 Å². The van der Waals surface area contributed by atoms with Gasteiger partial charge in [0.2, 0.25) is 0 Å². The zero-order valence-electron chi connectivity index (χ0n) is 12.6. The first kappa shape index (κ1) is 17.3. The minimum absolute atomic E-state index is 0.255. The maximum atomic E-state index is 11.7. The van der Waals surface area contributed by atoms with Crippen LogP contribution in [0.4, 0.5) is 5.69 Å². The number of hydrogen-bond acceptors (Lipinski definition) is 6. The highest BCUT2D eigenvalue weighted by Crippen LogP contribution is 2.21. The molecule has 0 saturated heterocycles. The van der Waals surface area contributed by atoms with Gasteiger partial charge in [-0.2, -0.15) is 0 Å². The van der Waals surface area contributed by atoms with E-state index in [9.17, 15) is 9.90 Å². The first-order chi connectivity index (χ1) is 9.89. The van der Waals surface area contributed by atoms with Gasteiger partial charge in [0.05, 0.1) is 19.3 Å². The van der Waals surface area contributed by atoms with E-state index in [-0.39, 0.29) is 13.2 Å². The molecule has 0 aromatic heterocycles. The Hall–Kier alpha value is -1.79. The van der Waals surface area contributed by atoms with Gasteiger partial charge in [0, 0.05) is 12.2 Å². The van der Waals surface area contributed by atoms with Crippen molar-refractivity contribution in [3.05, 3.63) is 24.3 Å². The number of carbonyl (C=O) groups is 1. The van der Waals surface area contributed by atoms with E-state index < -0.39 is 17.7 Å². The Morgan fingerprint density at radius 1 is 1.33 bits per heavy atom. The quantitative estimate of drug-likeness (QED) is 0.624. The number of anilines is 1. The van der Waals surface area contributed by atoms with E-state index in [0.717, 1.165) is 5.69 Å². The van der Waals surface area contributed by atoms with Crippen LogP contribution >= 0.6 is 0 Å². The molecule has 0 radical (unpaired) electrons. The lowest BCUT2D eigenvalue weighted by Gasteiger charge is -2.24. The molecule has 0 spiro atoms. The predicted molar refractivity (Wildman–Crippen MR) is 79.4 cm³/mol. The molecular weight excluding hydrogens is 274 g/mol. The van der Waals surface area contributed by atoms with Crippen molar-refractivity contribution < 1.29 is 24.5 Å². The Balaban J connectivity index is 2.60. The summed E-state index contributed by atoms with van der Waals surface area (Å²) in [6.07, 6.45) is -0.802. The van der Waals surface area contributed by atoms with Gasteiger partial charge in [-0.25, -0.2) is 4.79 Å². The van der Waals surface area contributed by atoms with E-state index in [1.165, 1.54) is 0 Å².